The summed E-state index contributed by atoms with van der Waals surface area (Å²) in [5, 5.41) is 22.4. The number of ketones is 1. The van der Waals surface area contributed by atoms with Crippen LogP contribution in [0.1, 0.15) is 25.0 Å². The van der Waals surface area contributed by atoms with Crippen LogP contribution in [0.25, 0.3) is 0 Å². The number of hydrogen-bond donors (Lipinski definition) is 3. The van der Waals surface area contributed by atoms with Gasteiger partial charge in [0.1, 0.15) is 17.1 Å². The molecule has 0 spiro atoms. The van der Waals surface area contributed by atoms with Crippen molar-refractivity contribution >= 4 is 23.0 Å². The van der Waals surface area contributed by atoms with Crippen LogP contribution < -0.4 is 15.0 Å². The minimum absolute atomic E-state index is 0.0946. The monoisotopic (exact) mass is 391 g/mol. The number of ether oxygens (including phenoxy) is 1. The molecule has 150 valence electrons. The standard InChI is InChI=1S/C23H25N3O3/c1-4-14-9-16(12-17(10-14)29-3)26-22(24)20(21(28)23(26,2)13-27)19-11-15-7-5-6-8-18(15)25-19/h5-10,12,24-25,27H,4,11,13H2,1-3H3. The molecule has 2 aromatic carbocycles. The maximum absolute atomic E-state index is 13.4. The van der Waals surface area contributed by atoms with Crippen LogP contribution in [0, 0.1) is 5.41 Å². The van der Waals surface area contributed by atoms with Gasteiger partial charge in [-0.05, 0) is 42.7 Å². The first kappa shape index (κ1) is 19.2. The zero-order chi connectivity index (χ0) is 20.8. The predicted octanol–water partition coefficient (Wildman–Crippen LogP) is 3.30. The van der Waals surface area contributed by atoms with Crippen molar-refractivity contribution in [2.45, 2.75) is 32.2 Å². The molecular weight excluding hydrogens is 366 g/mol. The van der Waals surface area contributed by atoms with E-state index in [-0.39, 0.29) is 11.6 Å². The van der Waals surface area contributed by atoms with Crippen LogP contribution in [0.15, 0.2) is 53.7 Å². The molecule has 3 N–H and O–H groups in total. The molecule has 6 heteroatoms. The number of para-hydroxylation sites is 1. The smallest absolute Gasteiger partial charge is 0.196 e. The quantitative estimate of drug-likeness (QED) is 0.697. The molecule has 0 saturated carbocycles. The van der Waals surface area contributed by atoms with E-state index in [9.17, 15) is 9.90 Å². The molecule has 2 aliphatic heterocycles. The first-order chi connectivity index (χ1) is 13.9. The molecule has 0 amide bonds. The minimum atomic E-state index is -1.24. The maximum Gasteiger partial charge on any atom is 0.196 e. The molecule has 2 aliphatic rings. The van der Waals surface area contributed by atoms with Gasteiger partial charge in [0.15, 0.2) is 5.78 Å². The number of amidine groups is 1. The Morgan fingerprint density at radius 1 is 1.28 bits per heavy atom. The molecule has 1 atom stereocenters. The van der Waals surface area contributed by atoms with Gasteiger partial charge >= 0.3 is 0 Å². The van der Waals surface area contributed by atoms with Crippen molar-refractivity contribution in [3.63, 3.8) is 0 Å². The fourth-order valence-electron chi connectivity index (χ4n) is 4.11. The first-order valence-corrected chi connectivity index (χ1v) is 9.73. The summed E-state index contributed by atoms with van der Waals surface area (Å²) in [5.74, 6) is 0.505. The number of nitrogens with zero attached hydrogens (tertiary/aromatic N) is 1. The number of Topliss-reactive ketones (excluding diaryl/α,β-unsaturated/α-hetero) is 1. The highest BCUT2D eigenvalue weighted by molar-refractivity contribution is 6.36. The number of aliphatic hydroxyl groups is 1. The lowest BCUT2D eigenvalue weighted by Crippen LogP contribution is -2.50. The molecule has 1 unspecified atom stereocenters. The first-order valence-electron chi connectivity index (χ1n) is 9.73. The highest BCUT2D eigenvalue weighted by Gasteiger charge is 2.52. The second kappa shape index (κ2) is 7.04. The zero-order valence-electron chi connectivity index (χ0n) is 16.9. The summed E-state index contributed by atoms with van der Waals surface area (Å²) in [4.78, 5) is 15.1. The largest absolute Gasteiger partial charge is 0.497 e. The van der Waals surface area contributed by atoms with E-state index >= 15 is 0 Å². The SMILES string of the molecule is CCc1cc(OC)cc(N2C(=N)C(=C3Cc4ccccc4N3)C(=O)C2(C)CO)c1. The Kier molecular flexibility index (Phi) is 4.67. The van der Waals surface area contributed by atoms with Gasteiger partial charge in [-0.25, -0.2) is 0 Å². The predicted molar refractivity (Wildman–Crippen MR) is 114 cm³/mol. The summed E-state index contributed by atoms with van der Waals surface area (Å²) in [5.41, 5.74) is 3.55. The highest BCUT2D eigenvalue weighted by Crippen LogP contribution is 2.40. The number of carbonyl (C=O) groups excluding carboxylic acids is 1. The molecule has 0 bridgehead atoms. The molecule has 0 radical (unpaired) electrons. The minimum Gasteiger partial charge on any atom is -0.497 e. The fourth-order valence-corrected chi connectivity index (χ4v) is 4.11. The molecule has 4 rings (SSSR count). The summed E-state index contributed by atoms with van der Waals surface area (Å²) < 4.78 is 5.42. The van der Waals surface area contributed by atoms with Crippen molar-refractivity contribution in [2.75, 3.05) is 23.9 Å². The van der Waals surface area contributed by atoms with Crippen LogP contribution in [0.4, 0.5) is 11.4 Å². The van der Waals surface area contributed by atoms with E-state index in [1.807, 2.05) is 43.3 Å². The number of methoxy groups -OCH3 is 1. The lowest BCUT2D eigenvalue weighted by molar-refractivity contribution is -0.119. The van der Waals surface area contributed by atoms with E-state index in [1.165, 1.54) is 0 Å². The van der Waals surface area contributed by atoms with Gasteiger partial charge in [-0.1, -0.05) is 25.1 Å². The van der Waals surface area contributed by atoms with Crippen molar-refractivity contribution in [1.29, 1.82) is 5.41 Å². The average Bonchev–Trinajstić information content (AvgIpc) is 3.24. The van der Waals surface area contributed by atoms with Gasteiger partial charge in [-0.15, -0.1) is 0 Å². The Bertz CT molecular complexity index is 994. The number of nitrogens with one attached hydrogen (secondary N) is 2. The van der Waals surface area contributed by atoms with Crippen LogP contribution in [-0.2, 0) is 17.6 Å². The molecule has 0 aliphatic carbocycles. The number of aryl methyl sites for hydroxylation is 1. The van der Waals surface area contributed by atoms with Crippen molar-refractivity contribution in [3.05, 3.63) is 64.9 Å². The lowest BCUT2D eigenvalue weighted by Gasteiger charge is -2.33. The van der Waals surface area contributed by atoms with Crippen LogP contribution in [0.2, 0.25) is 0 Å². The van der Waals surface area contributed by atoms with E-state index in [4.69, 9.17) is 10.1 Å². The van der Waals surface area contributed by atoms with Gasteiger partial charge < -0.3 is 20.1 Å². The topological polar surface area (TPSA) is 85.7 Å². The van der Waals surface area contributed by atoms with Crippen molar-refractivity contribution < 1.29 is 14.6 Å². The molecule has 0 aromatic heterocycles. The normalized spacial score (nSPS) is 23.4. The van der Waals surface area contributed by atoms with Gasteiger partial charge in [0.05, 0.1) is 19.3 Å². The van der Waals surface area contributed by atoms with Crippen molar-refractivity contribution in [2.24, 2.45) is 0 Å². The van der Waals surface area contributed by atoms with E-state index in [0.29, 0.717) is 29.1 Å². The molecule has 1 saturated heterocycles. The Morgan fingerprint density at radius 2 is 2.03 bits per heavy atom. The number of benzene rings is 2. The zero-order valence-corrected chi connectivity index (χ0v) is 16.9. The summed E-state index contributed by atoms with van der Waals surface area (Å²) >= 11 is 0. The van der Waals surface area contributed by atoms with E-state index in [1.54, 1.807) is 25.0 Å². The van der Waals surface area contributed by atoms with E-state index in [0.717, 1.165) is 23.2 Å². The molecular formula is C23H25N3O3. The van der Waals surface area contributed by atoms with Crippen molar-refractivity contribution in [3.8, 4) is 5.75 Å². The van der Waals surface area contributed by atoms with Gasteiger partial charge in [0, 0.05) is 29.6 Å². The van der Waals surface area contributed by atoms with Crippen LogP contribution in [0.5, 0.6) is 5.75 Å². The third-order valence-electron chi connectivity index (χ3n) is 5.80. The summed E-state index contributed by atoms with van der Waals surface area (Å²) in [6.45, 7) is 3.33. The number of anilines is 2. The maximum atomic E-state index is 13.4. The highest BCUT2D eigenvalue weighted by atomic mass is 16.5. The summed E-state index contributed by atoms with van der Waals surface area (Å²) in [6.07, 6.45) is 1.35. The van der Waals surface area contributed by atoms with Gasteiger partial charge in [0.25, 0.3) is 0 Å². The number of aliphatic hydroxyl groups excluding tert-OH is 1. The lowest BCUT2D eigenvalue weighted by atomic mass is 9.94. The molecule has 6 nitrogen and oxygen atoms in total. The van der Waals surface area contributed by atoms with Crippen LogP contribution in [-0.4, -0.2) is 36.0 Å². The van der Waals surface area contributed by atoms with Crippen molar-refractivity contribution in [1.82, 2.24) is 0 Å². The second-order valence-electron chi connectivity index (χ2n) is 7.65. The third kappa shape index (κ3) is 2.91. The van der Waals surface area contributed by atoms with Gasteiger partial charge in [0.2, 0.25) is 0 Å². The van der Waals surface area contributed by atoms with E-state index < -0.39 is 12.1 Å². The Balaban J connectivity index is 1.84. The molecule has 1 fully saturated rings. The van der Waals surface area contributed by atoms with Gasteiger partial charge in [-0.2, -0.15) is 0 Å². The molecule has 29 heavy (non-hydrogen) atoms. The average molecular weight is 391 g/mol. The third-order valence-corrected chi connectivity index (χ3v) is 5.80. The van der Waals surface area contributed by atoms with Crippen LogP contribution >= 0.6 is 0 Å². The number of allylic oxidation sites excluding steroid dienone is 1. The number of fused-ring (bicyclic) bond motifs is 1. The molecule has 2 aromatic rings. The fraction of sp³-hybridized carbons (Fsp3) is 0.304. The molecule has 2 heterocycles. The number of carbonyl (C=O) groups is 1. The summed E-state index contributed by atoms with van der Waals surface area (Å²) in [7, 11) is 1.59. The van der Waals surface area contributed by atoms with Crippen LogP contribution in [0.3, 0.4) is 0 Å². The second-order valence-corrected chi connectivity index (χ2v) is 7.65. The number of hydrogen-bond acceptors (Lipinski definition) is 5. The van der Waals surface area contributed by atoms with Gasteiger partial charge in [-0.3, -0.25) is 10.2 Å². The Hall–Kier alpha value is -3.12. The van der Waals surface area contributed by atoms with E-state index in [2.05, 4.69) is 5.32 Å². The Morgan fingerprint density at radius 3 is 2.69 bits per heavy atom. The number of rotatable bonds is 4. The summed E-state index contributed by atoms with van der Waals surface area (Å²) in [6, 6.07) is 13.6. The Labute approximate surface area is 170 Å².